The number of benzene rings is 1. The molecule has 0 spiro atoms. The zero-order valence-electron chi connectivity index (χ0n) is 11.4. The van der Waals surface area contributed by atoms with Gasteiger partial charge in [0.1, 0.15) is 12.3 Å². The van der Waals surface area contributed by atoms with Crippen molar-refractivity contribution < 1.29 is 22.7 Å². The van der Waals surface area contributed by atoms with Crippen molar-refractivity contribution in [3.05, 3.63) is 57.4 Å². The summed E-state index contributed by atoms with van der Waals surface area (Å²) in [6.45, 7) is -0.365. The topological polar surface area (TPSA) is 93.2 Å². The Morgan fingerprint density at radius 1 is 1.17 bits per heavy atom. The highest BCUT2D eigenvalue weighted by Crippen LogP contribution is 2.23. The van der Waals surface area contributed by atoms with E-state index in [2.05, 4.69) is 10.1 Å². The number of alkyl halides is 3. The molecule has 122 valence electrons. The number of hydrogen-bond acceptors (Lipinski definition) is 4. The maximum Gasteiger partial charge on any atom is 0.573 e. The van der Waals surface area contributed by atoms with Gasteiger partial charge in [0.2, 0.25) is 5.91 Å². The Morgan fingerprint density at radius 2 is 1.83 bits per heavy atom. The third kappa shape index (κ3) is 5.02. The van der Waals surface area contributed by atoms with Gasteiger partial charge >= 0.3 is 12.1 Å². The van der Waals surface area contributed by atoms with Gasteiger partial charge in [-0.25, -0.2) is 4.79 Å². The lowest BCUT2D eigenvalue weighted by Crippen LogP contribution is -2.32. The van der Waals surface area contributed by atoms with Gasteiger partial charge in [0.15, 0.2) is 0 Å². The highest BCUT2D eigenvalue weighted by atomic mass is 19.4. The predicted molar refractivity (Wildman–Crippen MR) is 73.1 cm³/mol. The van der Waals surface area contributed by atoms with Gasteiger partial charge in [0.25, 0.3) is 5.56 Å². The quantitative estimate of drug-likeness (QED) is 0.877. The Hall–Kier alpha value is -3.04. The van der Waals surface area contributed by atoms with Gasteiger partial charge in [-0.15, -0.1) is 13.2 Å². The van der Waals surface area contributed by atoms with Gasteiger partial charge in [0.05, 0.1) is 0 Å². The second-order valence-electron chi connectivity index (χ2n) is 4.36. The van der Waals surface area contributed by atoms with Crippen LogP contribution in [0.1, 0.15) is 0 Å². The normalized spacial score (nSPS) is 11.1. The number of anilines is 1. The minimum atomic E-state index is -4.80. The first-order valence-electron chi connectivity index (χ1n) is 6.18. The van der Waals surface area contributed by atoms with Gasteiger partial charge in [-0.05, 0) is 24.3 Å². The zero-order valence-corrected chi connectivity index (χ0v) is 11.4. The average Bonchev–Trinajstić information content (AvgIpc) is 2.42. The number of nitrogens with zero attached hydrogens (tertiary/aromatic N) is 1. The van der Waals surface area contributed by atoms with E-state index in [4.69, 9.17) is 0 Å². The fourth-order valence-corrected chi connectivity index (χ4v) is 1.66. The van der Waals surface area contributed by atoms with Crippen LogP contribution < -0.4 is 21.3 Å². The number of ether oxygens (including phenoxy) is 1. The molecule has 23 heavy (non-hydrogen) atoms. The number of aromatic amines is 1. The Labute approximate surface area is 126 Å². The standard InChI is InChI=1S/C13H10F3N3O4/c14-13(15,16)23-9-3-1-8(2-4-9)17-11(21)7-19-6-5-10(20)18-12(19)22/h1-6H,7H2,(H,17,21)(H,18,20,22). The van der Waals surface area contributed by atoms with E-state index in [0.717, 1.165) is 29.0 Å². The summed E-state index contributed by atoms with van der Waals surface area (Å²) in [5.41, 5.74) is -1.12. The van der Waals surface area contributed by atoms with Crippen molar-refractivity contribution in [2.24, 2.45) is 0 Å². The van der Waals surface area contributed by atoms with Crippen LogP contribution in [0.5, 0.6) is 5.75 Å². The van der Waals surface area contributed by atoms with Gasteiger partial charge in [-0.1, -0.05) is 0 Å². The minimum absolute atomic E-state index is 0.224. The molecule has 0 aliphatic heterocycles. The molecule has 1 aromatic heterocycles. The fourth-order valence-electron chi connectivity index (χ4n) is 1.66. The molecule has 1 aromatic carbocycles. The van der Waals surface area contributed by atoms with E-state index in [1.165, 1.54) is 12.1 Å². The molecule has 2 rings (SSSR count). The summed E-state index contributed by atoms with van der Waals surface area (Å²) >= 11 is 0. The lowest BCUT2D eigenvalue weighted by molar-refractivity contribution is -0.274. The molecular formula is C13H10F3N3O4. The van der Waals surface area contributed by atoms with Crippen molar-refractivity contribution in [3.8, 4) is 5.75 Å². The van der Waals surface area contributed by atoms with E-state index in [9.17, 15) is 27.6 Å². The number of rotatable bonds is 4. The van der Waals surface area contributed by atoms with Crippen LogP contribution in [0.25, 0.3) is 0 Å². The fraction of sp³-hybridized carbons (Fsp3) is 0.154. The number of hydrogen-bond donors (Lipinski definition) is 2. The molecule has 7 nitrogen and oxygen atoms in total. The molecule has 0 aliphatic carbocycles. The maximum absolute atomic E-state index is 12.0. The third-order valence-corrected chi connectivity index (χ3v) is 2.58. The summed E-state index contributed by atoms with van der Waals surface area (Å²) in [6, 6.07) is 5.59. The minimum Gasteiger partial charge on any atom is -0.406 e. The molecule has 1 heterocycles. The summed E-state index contributed by atoms with van der Waals surface area (Å²) < 4.78 is 40.7. The number of nitrogens with one attached hydrogen (secondary N) is 2. The summed E-state index contributed by atoms with van der Waals surface area (Å²) in [6.07, 6.45) is -3.64. The number of aromatic nitrogens is 2. The van der Waals surface area contributed by atoms with Crippen LogP contribution in [0.2, 0.25) is 0 Å². The molecule has 0 atom stereocenters. The first kappa shape index (κ1) is 16.3. The first-order chi connectivity index (χ1) is 10.7. The van der Waals surface area contributed by atoms with E-state index in [0.29, 0.717) is 0 Å². The second kappa shape index (κ2) is 6.38. The molecule has 0 radical (unpaired) electrons. The molecule has 0 aliphatic rings. The number of carbonyl (C=O) groups is 1. The van der Waals surface area contributed by atoms with Crippen LogP contribution in [0.15, 0.2) is 46.1 Å². The van der Waals surface area contributed by atoms with Gasteiger partial charge in [-0.2, -0.15) is 0 Å². The monoisotopic (exact) mass is 329 g/mol. The van der Waals surface area contributed by atoms with E-state index in [1.54, 1.807) is 0 Å². The van der Waals surface area contributed by atoms with E-state index in [-0.39, 0.29) is 12.2 Å². The highest BCUT2D eigenvalue weighted by molar-refractivity contribution is 5.90. The molecule has 0 bridgehead atoms. The third-order valence-electron chi connectivity index (χ3n) is 2.58. The van der Waals surface area contributed by atoms with Crippen molar-refractivity contribution in [3.63, 3.8) is 0 Å². The van der Waals surface area contributed by atoms with Gasteiger partial charge < -0.3 is 10.1 Å². The number of halogens is 3. The smallest absolute Gasteiger partial charge is 0.406 e. The number of amides is 1. The van der Waals surface area contributed by atoms with Gasteiger partial charge in [-0.3, -0.25) is 19.1 Å². The second-order valence-corrected chi connectivity index (χ2v) is 4.36. The molecule has 10 heteroatoms. The summed E-state index contributed by atoms with van der Waals surface area (Å²) in [5, 5.41) is 2.39. The van der Waals surface area contributed by atoms with E-state index in [1.807, 2.05) is 4.98 Å². The van der Waals surface area contributed by atoms with E-state index >= 15 is 0 Å². The molecule has 1 amide bonds. The predicted octanol–water partition coefficient (Wildman–Crippen LogP) is 1.07. The van der Waals surface area contributed by atoms with Crippen LogP contribution in [0.4, 0.5) is 18.9 Å². The summed E-state index contributed by atoms with van der Waals surface area (Å²) in [4.78, 5) is 36.0. The molecule has 0 saturated heterocycles. The first-order valence-corrected chi connectivity index (χ1v) is 6.18. The number of H-pyrrole nitrogens is 1. The zero-order chi connectivity index (χ0) is 17.0. The molecule has 2 aromatic rings. The maximum atomic E-state index is 12.0. The molecule has 0 unspecified atom stereocenters. The van der Waals surface area contributed by atoms with Crippen LogP contribution >= 0.6 is 0 Å². The Balaban J connectivity index is 2.00. The average molecular weight is 329 g/mol. The van der Waals surface area contributed by atoms with Crippen molar-refractivity contribution in [1.29, 1.82) is 0 Å². The van der Waals surface area contributed by atoms with Crippen molar-refractivity contribution in [2.45, 2.75) is 12.9 Å². The number of carbonyl (C=O) groups excluding carboxylic acids is 1. The van der Waals surface area contributed by atoms with Crippen LogP contribution in [0, 0.1) is 0 Å². The Kier molecular flexibility index (Phi) is 4.53. The highest BCUT2D eigenvalue weighted by Gasteiger charge is 2.30. The molecule has 0 fully saturated rings. The Morgan fingerprint density at radius 3 is 2.39 bits per heavy atom. The van der Waals surface area contributed by atoms with E-state index < -0.39 is 29.3 Å². The SMILES string of the molecule is O=C(Cn1ccc(=O)[nH]c1=O)Nc1ccc(OC(F)(F)F)cc1. The largest absolute Gasteiger partial charge is 0.573 e. The van der Waals surface area contributed by atoms with Crippen molar-refractivity contribution in [2.75, 3.05) is 5.32 Å². The van der Waals surface area contributed by atoms with Gasteiger partial charge in [0, 0.05) is 18.0 Å². The van der Waals surface area contributed by atoms with Crippen LogP contribution in [-0.4, -0.2) is 21.8 Å². The van der Waals surface area contributed by atoms with Crippen molar-refractivity contribution >= 4 is 11.6 Å². The van der Waals surface area contributed by atoms with Crippen molar-refractivity contribution in [1.82, 2.24) is 9.55 Å². The molecule has 0 saturated carbocycles. The summed E-state index contributed by atoms with van der Waals surface area (Å²) in [7, 11) is 0. The lowest BCUT2D eigenvalue weighted by atomic mass is 10.3. The molecule has 2 N–H and O–H groups in total. The summed E-state index contributed by atoms with van der Waals surface area (Å²) in [5.74, 6) is -1.02. The van der Waals surface area contributed by atoms with Crippen LogP contribution in [0.3, 0.4) is 0 Å². The lowest BCUT2D eigenvalue weighted by Gasteiger charge is -2.10. The van der Waals surface area contributed by atoms with Crippen LogP contribution in [-0.2, 0) is 11.3 Å². The Bertz CT molecular complexity index is 809. The molecular weight excluding hydrogens is 319 g/mol.